The number of phenolic OH excluding ortho intramolecular Hbond substituents is 1. The second-order valence-electron chi connectivity index (χ2n) is 11.7. The van der Waals surface area contributed by atoms with Gasteiger partial charge in [-0.3, -0.25) is 14.8 Å². The van der Waals surface area contributed by atoms with Gasteiger partial charge in [-0.1, -0.05) is 12.8 Å². The number of hydrogen-bond acceptors (Lipinski definition) is 10. The van der Waals surface area contributed by atoms with Crippen molar-refractivity contribution in [3.05, 3.63) is 52.9 Å². The first kappa shape index (κ1) is 35.9. The van der Waals surface area contributed by atoms with E-state index in [1.54, 1.807) is 11.0 Å². The number of rotatable bonds is 8. The van der Waals surface area contributed by atoms with Crippen LogP contribution in [0.15, 0.2) is 24.3 Å². The summed E-state index contributed by atoms with van der Waals surface area (Å²) >= 11 is 0. The van der Waals surface area contributed by atoms with Gasteiger partial charge in [0.1, 0.15) is 17.6 Å². The van der Waals surface area contributed by atoms with E-state index in [-0.39, 0.29) is 23.9 Å². The van der Waals surface area contributed by atoms with Gasteiger partial charge < -0.3 is 40.2 Å². The number of carbonyl (C=O) groups excluding carboxylic acids is 1. The largest absolute Gasteiger partial charge is 0.505 e. The predicted molar refractivity (Wildman–Crippen MR) is 171 cm³/mol. The van der Waals surface area contributed by atoms with Gasteiger partial charge in [-0.15, -0.1) is 6.42 Å². The second kappa shape index (κ2) is 15.0. The number of halogens is 2. The van der Waals surface area contributed by atoms with E-state index in [9.17, 15) is 23.9 Å². The first-order valence-electron chi connectivity index (χ1n) is 15.5. The molecule has 7 N–H and O–H groups in total. The summed E-state index contributed by atoms with van der Waals surface area (Å²) in [5.41, 5.74) is 4.03. The number of phenols is 1. The van der Waals surface area contributed by atoms with Gasteiger partial charge in [-0.25, -0.2) is 23.4 Å². The van der Waals surface area contributed by atoms with Gasteiger partial charge in [0, 0.05) is 31.7 Å². The number of amides is 1. The average Bonchev–Trinajstić information content (AvgIpc) is 3.73. The van der Waals surface area contributed by atoms with Gasteiger partial charge in [0.2, 0.25) is 5.91 Å². The quantitative estimate of drug-likeness (QED) is 0.129. The van der Waals surface area contributed by atoms with E-state index in [1.807, 2.05) is 11.8 Å². The average molecular weight is 697 g/mol. The molecule has 3 atom stereocenters. The first-order valence-corrected chi connectivity index (χ1v) is 15.5. The topological polar surface area (TPSA) is 225 Å². The molecule has 0 saturated carbocycles. The summed E-state index contributed by atoms with van der Waals surface area (Å²) < 4.78 is 35.2. The third kappa shape index (κ3) is 7.58. The number of aliphatic hydroxyl groups is 2. The van der Waals surface area contributed by atoms with Gasteiger partial charge in [-0.2, -0.15) is 5.10 Å². The van der Waals surface area contributed by atoms with E-state index in [0.29, 0.717) is 79.4 Å². The molecular formula is C33H34F2N6O9. The van der Waals surface area contributed by atoms with Crippen LogP contribution in [-0.2, 0) is 38.5 Å². The van der Waals surface area contributed by atoms with Crippen molar-refractivity contribution in [1.82, 2.24) is 30.0 Å². The number of imidazole rings is 1. The van der Waals surface area contributed by atoms with E-state index in [1.165, 1.54) is 18.2 Å². The molecule has 264 valence electrons. The Kier molecular flexibility index (Phi) is 10.8. The van der Waals surface area contributed by atoms with Gasteiger partial charge in [0.05, 0.1) is 36.3 Å². The predicted octanol–water partition coefficient (Wildman–Crippen LogP) is 1.26. The highest BCUT2D eigenvalue weighted by Crippen LogP contribution is 2.35. The lowest BCUT2D eigenvalue weighted by Gasteiger charge is -2.33. The summed E-state index contributed by atoms with van der Waals surface area (Å²) in [5, 5.41) is 49.8. The number of carbonyl (C=O) groups is 3. The van der Waals surface area contributed by atoms with E-state index < -0.39 is 41.5 Å². The van der Waals surface area contributed by atoms with Crippen LogP contribution in [0.25, 0.3) is 33.5 Å². The molecule has 0 bridgehead atoms. The number of aliphatic hydroxyl groups excluding tert-OH is 2. The Morgan fingerprint density at radius 2 is 1.82 bits per heavy atom. The van der Waals surface area contributed by atoms with Crippen LogP contribution in [0.1, 0.15) is 23.9 Å². The number of H-pyrrole nitrogens is 2. The Balaban J connectivity index is 0.000000425. The maximum atomic E-state index is 15.5. The number of aryl methyl sites for hydroxylation is 1. The molecule has 0 radical (unpaired) electrons. The fourth-order valence-corrected chi connectivity index (χ4v) is 5.72. The van der Waals surface area contributed by atoms with Crippen molar-refractivity contribution in [2.24, 2.45) is 0 Å². The molecule has 1 saturated heterocycles. The summed E-state index contributed by atoms with van der Waals surface area (Å²) in [6.45, 7) is 4.69. The molecule has 0 spiro atoms. The van der Waals surface area contributed by atoms with Crippen molar-refractivity contribution in [2.45, 2.75) is 44.6 Å². The van der Waals surface area contributed by atoms with Crippen molar-refractivity contribution in [1.29, 1.82) is 0 Å². The lowest BCUT2D eigenvalue weighted by Crippen LogP contribution is -2.48. The summed E-state index contributed by atoms with van der Waals surface area (Å²) in [7, 11) is 0. The Morgan fingerprint density at radius 1 is 1.10 bits per heavy atom. The van der Waals surface area contributed by atoms with E-state index in [4.69, 9.17) is 31.6 Å². The standard InChI is InChI=1S/C29H28F2N6O3.C4H6O6/c1-3-16-11-25(38)20(30)12-19(16)17-9-21(31)27-23(10-17)34-35-28(27)29-32-22-5-6-37(14-24(22)33-29)26(39)15-36-7-8-40-18(4-2)13-36;5-1(3(7)8)2(6)4(9)10/h2,9-12,18,38H,3,5-8,13-15H2,1H3,(H,32,33)(H,34,35);1-2,5-6H,(H,7,8)(H,9,10)/t;1-,2-/m.1/s1. The molecule has 1 amide bonds. The number of nitrogens with one attached hydrogen (secondary N) is 2. The highest BCUT2D eigenvalue weighted by atomic mass is 19.1. The molecule has 4 heterocycles. The zero-order valence-electron chi connectivity index (χ0n) is 26.7. The Bertz CT molecular complexity index is 1950. The molecule has 2 aromatic carbocycles. The molecule has 1 fully saturated rings. The summed E-state index contributed by atoms with van der Waals surface area (Å²) in [4.78, 5) is 44.3. The number of morpholine rings is 1. The number of carboxylic acids is 2. The fraction of sp³-hybridized carbons (Fsp3) is 0.364. The second-order valence-corrected chi connectivity index (χ2v) is 11.7. The smallest absolute Gasteiger partial charge is 0.335 e. The summed E-state index contributed by atoms with van der Waals surface area (Å²) in [6.07, 6.45) is 1.76. The van der Waals surface area contributed by atoms with Crippen LogP contribution in [0.3, 0.4) is 0 Å². The van der Waals surface area contributed by atoms with Crippen molar-refractivity contribution in [2.75, 3.05) is 32.8 Å². The zero-order valence-corrected chi connectivity index (χ0v) is 26.7. The molecular weight excluding hydrogens is 662 g/mol. The zero-order chi connectivity index (χ0) is 36.3. The van der Waals surface area contributed by atoms with E-state index in [0.717, 1.165) is 11.4 Å². The SMILES string of the molecule is C#CC1CN(CC(=O)N2CCc3[nH]c(-c4n[nH]c5cc(-c6cc(F)c(O)cc6CC)cc(F)c45)nc3C2)CCO1.O=C(O)[C@H](O)[C@@H](O)C(=O)O. The molecule has 50 heavy (non-hydrogen) atoms. The Labute approximate surface area is 283 Å². The van der Waals surface area contributed by atoms with Gasteiger partial charge in [-0.05, 0) is 47.4 Å². The summed E-state index contributed by atoms with van der Waals surface area (Å²) in [6, 6.07) is 5.62. The number of aliphatic carboxylic acids is 2. The molecule has 17 heteroatoms. The number of benzene rings is 2. The lowest BCUT2D eigenvalue weighted by molar-refractivity contribution is -0.165. The molecule has 2 aliphatic rings. The maximum absolute atomic E-state index is 15.5. The molecule has 2 aliphatic heterocycles. The number of terminal acetylenes is 1. The normalized spacial score (nSPS) is 17.3. The highest BCUT2D eigenvalue weighted by Gasteiger charge is 2.30. The molecule has 0 aliphatic carbocycles. The van der Waals surface area contributed by atoms with Crippen molar-refractivity contribution in [3.63, 3.8) is 0 Å². The number of hydrogen-bond donors (Lipinski definition) is 7. The highest BCUT2D eigenvalue weighted by molar-refractivity contribution is 5.95. The van der Waals surface area contributed by atoms with Crippen LogP contribution in [0.4, 0.5) is 8.78 Å². The van der Waals surface area contributed by atoms with Crippen LogP contribution >= 0.6 is 0 Å². The van der Waals surface area contributed by atoms with Crippen LogP contribution in [0.2, 0.25) is 0 Å². The minimum Gasteiger partial charge on any atom is -0.505 e. The molecule has 1 unspecified atom stereocenters. The third-order valence-electron chi connectivity index (χ3n) is 8.39. The van der Waals surface area contributed by atoms with Gasteiger partial charge in [0.15, 0.2) is 29.6 Å². The minimum absolute atomic E-state index is 0.00576. The number of aromatic hydroxyl groups is 1. The number of nitrogens with zero attached hydrogens (tertiary/aromatic N) is 4. The lowest BCUT2D eigenvalue weighted by atomic mass is 9.96. The molecule has 2 aromatic heterocycles. The monoisotopic (exact) mass is 696 g/mol. The van der Waals surface area contributed by atoms with Crippen molar-refractivity contribution < 1.29 is 53.4 Å². The number of carboxylic acid groups (broad SMARTS) is 2. The number of ether oxygens (including phenoxy) is 1. The van der Waals surface area contributed by atoms with Crippen LogP contribution in [-0.4, -0.2) is 124 Å². The molecule has 6 rings (SSSR count). The Hall–Kier alpha value is -5.41. The van der Waals surface area contributed by atoms with Crippen molar-refractivity contribution in [3.8, 4) is 40.7 Å². The number of fused-ring (bicyclic) bond motifs is 2. The molecule has 4 aromatic rings. The minimum atomic E-state index is -2.27. The maximum Gasteiger partial charge on any atom is 0.335 e. The fourth-order valence-electron chi connectivity index (χ4n) is 5.72. The van der Waals surface area contributed by atoms with Crippen LogP contribution < -0.4 is 0 Å². The number of aromatic amines is 2. The van der Waals surface area contributed by atoms with Gasteiger partial charge >= 0.3 is 11.9 Å². The van der Waals surface area contributed by atoms with E-state index in [2.05, 4.69) is 26.1 Å². The van der Waals surface area contributed by atoms with Gasteiger partial charge in [0.25, 0.3) is 0 Å². The first-order chi connectivity index (χ1) is 23.8. The number of aromatic nitrogens is 4. The Morgan fingerprint density at radius 3 is 2.48 bits per heavy atom. The van der Waals surface area contributed by atoms with E-state index >= 15 is 4.39 Å². The third-order valence-corrected chi connectivity index (χ3v) is 8.39. The van der Waals surface area contributed by atoms with Crippen LogP contribution in [0, 0.1) is 24.0 Å². The van der Waals surface area contributed by atoms with Crippen LogP contribution in [0.5, 0.6) is 5.75 Å². The molecule has 15 nitrogen and oxygen atoms in total. The summed E-state index contributed by atoms with van der Waals surface area (Å²) in [5.74, 6) is -2.28. The van der Waals surface area contributed by atoms with Crippen molar-refractivity contribution >= 4 is 28.7 Å².